The number of nitriles is 1. The van der Waals surface area contributed by atoms with Crippen LogP contribution in [0.4, 0.5) is 20.7 Å². The number of fused-ring (bicyclic) bond motifs is 2. The Morgan fingerprint density at radius 3 is 2.80 bits per heavy atom. The number of hydrogen-bond donors (Lipinski definition) is 0. The molecule has 0 unspecified atom stereocenters. The molecule has 10 heteroatoms. The number of ether oxygens (including phenoxy) is 1. The summed E-state index contributed by atoms with van der Waals surface area (Å²) in [7, 11) is 0. The minimum atomic E-state index is -0.419. The fraction of sp³-hybridized carbons (Fsp3) is 0.419. The highest BCUT2D eigenvalue weighted by atomic mass is 35.5. The normalized spacial score (nSPS) is 20.2. The van der Waals surface area contributed by atoms with E-state index in [-0.39, 0.29) is 36.2 Å². The lowest BCUT2D eigenvalue weighted by Gasteiger charge is -2.43. The molecule has 3 heterocycles. The maximum absolute atomic E-state index is 14.1. The number of rotatable bonds is 5. The number of benzene rings is 2. The van der Waals surface area contributed by atoms with Crippen molar-refractivity contribution in [2.75, 3.05) is 36.0 Å². The summed E-state index contributed by atoms with van der Waals surface area (Å²) in [5.41, 5.74) is 5.07. The van der Waals surface area contributed by atoms with Crippen molar-refractivity contribution in [3.05, 3.63) is 82.0 Å². The van der Waals surface area contributed by atoms with Gasteiger partial charge in [-0.15, -0.1) is 0 Å². The number of carbonyl (C=O) groups excluding carboxylic acids is 1. The van der Waals surface area contributed by atoms with Gasteiger partial charge in [0.15, 0.2) is 0 Å². The van der Waals surface area contributed by atoms with Gasteiger partial charge < -0.3 is 19.4 Å². The van der Waals surface area contributed by atoms with Gasteiger partial charge in [-0.1, -0.05) is 36.4 Å². The zero-order valence-electron chi connectivity index (χ0n) is 22.8. The summed E-state index contributed by atoms with van der Waals surface area (Å²) < 4.78 is 19.7. The summed E-state index contributed by atoms with van der Waals surface area (Å²) in [5, 5.41) is 9.72. The number of aryl methyl sites for hydroxylation is 1. The monoisotopic (exact) mass is 574 g/mol. The lowest BCUT2D eigenvalue weighted by molar-refractivity contribution is 0.0768. The van der Waals surface area contributed by atoms with Gasteiger partial charge in [-0.2, -0.15) is 5.26 Å². The summed E-state index contributed by atoms with van der Waals surface area (Å²) in [4.78, 5) is 28.4. The Kier molecular flexibility index (Phi) is 7.93. The number of piperazine rings is 1. The van der Waals surface area contributed by atoms with E-state index in [1.165, 1.54) is 5.56 Å². The van der Waals surface area contributed by atoms with Crippen LogP contribution in [0.5, 0.6) is 0 Å². The molecule has 1 aromatic heterocycles. The second-order valence-corrected chi connectivity index (χ2v) is 11.2. The fourth-order valence-corrected chi connectivity index (χ4v) is 6.58. The van der Waals surface area contributed by atoms with Crippen molar-refractivity contribution in [1.82, 2.24) is 14.9 Å². The smallest absolute Gasteiger partial charge is 0.410 e. The lowest BCUT2D eigenvalue weighted by atomic mass is 9.88. The van der Waals surface area contributed by atoms with E-state index < -0.39 is 6.09 Å². The molecule has 212 valence electrons. The number of anilines is 2. The van der Waals surface area contributed by atoms with Crippen molar-refractivity contribution in [2.24, 2.45) is 0 Å². The predicted octanol–water partition coefficient (Wildman–Crippen LogP) is 5.32. The Labute approximate surface area is 244 Å². The van der Waals surface area contributed by atoms with E-state index in [4.69, 9.17) is 16.3 Å². The van der Waals surface area contributed by atoms with Crippen molar-refractivity contribution >= 4 is 29.2 Å². The van der Waals surface area contributed by atoms with Gasteiger partial charge in [0.05, 0.1) is 24.2 Å². The molecule has 0 radical (unpaired) electrons. The summed E-state index contributed by atoms with van der Waals surface area (Å²) in [6.07, 6.45) is 4.14. The van der Waals surface area contributed by atoms with E-state index >= 15 is 0 Å². The summed E-state index contributed by atoms with van der Waals surface area (Å²) in [5.74, 6) is 0.568. The zero-order chi connectivity index (χ0) is 28.3. The third-order valence-electron chi connectivity index (χ3n) is 8.39. The minimum Gasteiger partial charge on any atom is -0.445 e. The molecule has 2 atom stereocenters. The van der Waals surface area contributed by atoms with Gasteiger partial charge >= 0.3 is 6.09 Å². The van der Waals surface area contributed by atoms with E-state index in [2.05, 4.69) is 25.8 Å². The van der Waals surface area contributed by atoms with Crippen LogP contribution >= 0.6 is 11.6 Å². The number of amides is 1. The number of nitrogens with zero attached hydrogens (tertiary/aromatic N) is 6. The van der Waals surface area contributed by atoms with Crippen LogP contribution in [0.15, 0.2) is 48.5 Å². The second kappa shape index (κ2) is 11.9. The first kappa shape index (κ1) is 27.3. The van der Waals surface area contributed by atoms with E-state index in [0.717, 1.165) is 60.6 Å². The Balaban J connectivity index is 1.18. The third-order valence-corrected chi connectivity index (χ3v) is 8.56. The topological polar surface area (TPSA) is 85.6 Å². The van der Waals surface area contributed by atoms with E-state index in [0.29, 0.717) is 26.1 Å². The van der Waals surface area contributed by atoms with Crippen LogP contribution in [0.25, 0.3) is 0 Å². The largest absolute Gasteiger partial charge is 0.445 e. The standard InChI is InChI=1S/C31H32ClFN6O2/c32-30-35-27-18-24(38-14-4-7-22-8-9-23(33)17-28(22)38)10-11-26(27)29(36-30)37-15-16-39(25(19-37)12-13-34)31(40)41-20-21-5-2-1-3-6-21/h1-3,5-6,8-9,17,24-25H,4,7,10-12,14-16,18-20H2/t24-,25+/m1/s1. The van der Waals surface area contributed by atoms with Crippen molar-refractivity contribution in [2.45, 2.75) is 57.2 Å². The first-order chi connectivity index (χ1) is 20.0. The zero-order valence-corrected chi connectivity index (χ0v) is 23.6. The molecule has 41 heavy (non-hydrogen) atoms. The molecular formula is C31H32ClFN6O2. The summed E-state index contributed by atoms with van der Waals surface area (Å²) in [6, 6.07) is 16.7. The number of halogens is 2. The highest BCUT2D eigenvalue weighted by Gasteiger charge is 2.36. The molecule has 0 saturated carbocycles. The lowest BCUT2D eigenvalue weighted by Crippen LogP contribution is -2.55. The van der Waals surface area contributed by atoms with Gasteiger partial charge in [0, 0.05) is 49.9 Å². The molecule has 1 amide bonds. The van der Waals surface area contributed by atoms with Crippen molar-refractivity contribution < 1.29 is 13.9 Å². The minimum absolute atomic E-state index is 0.184. The Bertz CT molecular complexity index is 1460. The second-order valence-electron chi connectivity index (χ2n) is 10.9. The van der Waals surface area contributed by atoms with Crippen molar-refractivity contribution in [3.8, 4) is 6.07 Å². The fourth-order valence-electron chi connectivity index (χ4n) is 6.40. The molecule has 2 aromatic carbocycles. The van der Waals surface area contributed by atoms with E-state index in [9.17, 15) is 14.4 Å². The van der Waals surface area contributed by atoms with Gasteiger partial charge in [-0.05, 0) is 60.5 Å². The van der Waals surface area contributed by atoms with Gasteiger partial charge in [0.2, 0.25) is 5.28 Å². The quantitative estimate of drug-likeness (QED) is 0.381. The molecule has 1 aliphatic carbocycles. The van der Waals surface area contributed by atoms with Gasteiger partial charge in [0.1, 0.15) is 18.2 Å². The SMILES string of the molecule is N#CC[C@H]1CN(c2nc(Cl)nc3c2CC[C@@H](N2CCCc4ccc(F)cc42)C3)CCN1C(=O)OCc1ccccc1. The maximum Gasteiger partial charge on any atom is 0.410 e. The summed E-state index contributed by atoms with van der Waals surface area (Å²) in [6.45, 7) is 2.49. The predicted molar refractivity (Wildman–Crippen MR) is 154 cm³/mol. The van der Waals surface area contributed by atoms with Crippen LogP contribution in [-0.4, -0.2) is 59.2 Å². The Morgan fingerprint density at radius 1 is 1.12 bits per heavy atom. The molecular weight excluding hydrogens is 543 g/mol. The summed E-state index contributed by atoms with van der Waals surface area (Å²) >= 11 is 6.46. The molecule has 0 N–H and O–H groups in total. The Morgan fingerprint density at radius 2 is 1.98 bits per heavy atom. The molecule has 0 bridgehead atoms. The van der Waals surface area contributed by atoms with Gasteiger partial charge in [0.25, 0.3) is 0 Å². The number of hydrogen-bond acceptors (Lipinski definition) is 7. The third kappa shape index (κ3) is 5.80. The maximum atomic E-state index is 14.1. The van der Waals surface area contributed by atoms with Crippen molar-refractivity contribution in [3.63, 3.8) is 0 Å². The average molecular weight is 575 g/mol. The van der Waals surface area contributed by atoms with Crippen LogP contribution < -0.4 is 9.80 Å². The first-order valence-electron chi connectivity index (χ1n) is 14.2. The van der Waals surface area contributed by atoms with Crippen LogP contribution in [0, 0.1) is 17.1 Å². The number of carbonyl (C=O) groups is 1. The molecule has 0 spiro atoms. The molecule has 3 aliphatic rings. The average Bonchev–Trinajstić information content (AvgIpc) is 2.99. The molecule has 1 fully saturated rings. The molecule has 1 saturated heterocycles. The first-order valence-corrected chi connectivity index (χ1v) is 14.6. The van der Waals surface area contributed by atoms with E-state index in [1.807, 2.05) is 36.4 Å². The van der Waals surface area contributed by atoms with E-state index in [1.54, 1.807) is 17.0 Å². The molecule has 3 aromatic rings. The van der Waals surface area contributed by atoms with Crippen LogP contribution in [-0.2, 0) is 30.6 Å². The highest BCUT2D eigenvalue weighted by molar-refractivity contribution is 6.28. The molecule has 8 nitrogen and oxygen atoms in total. The highest BCUT2D eigenvalue weighted by Crippen LogP contribution is 2.36. The number of aromatic nitrogens is 2. The van der Waals surface area contributed by atoms with Crippen LogP contribution in [0.3, 0.4) is 0 Å². The Hall–Kier alpha value is -3.90. The van der Waals surface area contributed by atoms with Crippen LogP contribution in [0.2, 0.25) is 5.28 Å². The van der Waals surface area contributed by atoms with Gasteiger partial charge in [-0.25, -0.2) is 19.2 Å². The van der Waals surface area contributed by atoms with Crippen molar-refractivity contribution in [1.29, 1.82) is 5.26 Å². The molecule has 2 aliphatic heterocycles. The molecule has 6 rings (SSSR count). The van der Waals surface area contributed by atoms with Crippen LogP contribution in [0.1, 0.15) is 41.6 Å². The van der Waals surface area contributed by atoms with Gasteiger partial charge in [-0.3, -0.25) is 0 Å².